The minimum atomic E-state index is -0.774. The van der Waals surface area contributed by atoms with Crippen LogP contribution in [-0.2, 0) is 4.79 Å². The molecule has 0 aliphatic carbocycles. The number of hydrogen-bond acceptors (Lipinski definition) is 2. The molecule has 0 aromatic rings. The molecule has 1 atom stereocenters. The molecule has 1 fully saturated rings. The van der Waals surface area contributed by atoms with Gasteiger partial charge in [-0.2, -0.15) is 0 Å². The van der Waals surface area contributed by atoms with Gasteiger partial charge in [0.2, 0.25) is 0 Å². The van der Waals surface area contributed by atoms with Crippen LogP contribution in [-0.4, -0.2) is 41.6 Å². The van der Waals surface area contributed by atoms with Crippen LogP contribution in [0.15, 0.2) is 0 Å². The molecule has 1 saturated heterocycles. The van der Waals surface area contributed by atoms with E-state index in [-0.39, 0.29) is 18.4 Å². The quantitative estimate of drug-likeness (QED) is 0.728. The van der Waals surface area contributed by atoms with Crippen LogP contribution >= 0.6 is 0 Å². The fourth-order valence-electron chi connectivity index (χ4n) is 2.48. The number of rotatable bonds is 6. The molecule has 110 valence electrons. The van der Waals surface area contributed by atoms with Crippen molar-refractivity contribution in [1.29, 1.82) is 0 Å². The Balaban J connectivity index is 2.25. The van der Waals surface area contributed by atoms with E-state index >= 15 is 0 Å². The van der Waals surface area contributed by atoms with Crippen LogP contribution in [0.5, 0.6) is 0 Å². The molecule has 0 spiro atoms. The number of urea groups is 1. The molecule has 1 aliphatic heterocycles. The third-order valence-electron chi connectivity index (χ3n) is 3.50. The lowest BCUT2D eigenvalue weighted by Gasteiger charge is -2.32. The zero-order valence-electron chi connectivity index (χ0n) is 12.0. The van der Waals surface area contributed by atoms with Crippen molar-refractivity contribution >= 4 is 12.0 Å². The summed E-state index contributed by atoms with van der Waals surface area (Å²) in [6.45, 7) is 6.36. The van der Waals surface area contributed by atoms with Gasteiger partial charge in [-0.25, -0.2) is 4.79 Å². The highest BCUT2D eigenvalue weighted by Crippen LogP contribution is 2.19. The second kappa shape index (κ2) is 8.02. The minimum Gasteiger partial charge on any atom is -0.481 e. The van der Waals surface area contributed by atoms with Crippen LogP contribution in [0.1, 0.15) is 46.0 Å². The Morgan fingerprint density at radius 1 is 1.42 bits per heavy atom. The molecule has 1 unspecified atom stereocenters. The van der Waals surface area contributed by atoms with Gasteiger partial charge in [0.1, 0.15) is 0 Å². The number of likely N-dealkylation sites (tertiary alicyclic amines) is 1. The first kappa shape index (κ1) is 15.8. The molecule has 2 N–H and O–H groups in total. The largest absolute Gasteiger partial charge is 0.481 e. The smallest absolute Gasteiger partial charge is 0.317 e. The molecule has 19 heavy (non-hydrogen) atoms. The summed E-state index contributed by atoms with van der Waals surface area (Å²) in [7, 11) is 0. The standard InChI is InChI=1S/C14H26N2O3/c1-11(2)5-3-7-15-14(19)16-8-4-6-12(10-16)9-13(17)18/h11-12H,3-10H2,1-2H3,(H,15,19)(H,17,18). The summed E-state index contributed by atoms with van der Waals surface area (Å²) < 4.78 is 0. The van der Waals surface area contributed by atoms with Crippen molar-refractivity contribution in [2.45, 2.75) is 46.0 Å². The van der Waals surface area contributed by atoms with E-state index in [9.17, 15) is 9.59 Å². The molecule has 0 bridgehead atoms. The first-order valence-electron chi connectivity index (χ1n) is 7.23. The predicted molar refractivity (Wildman–Crippen MR) is 74.0 cm³/mol. The van der Waals surface area contributed by atoms with Gasteiger partial charge in [-0.1, -0.05) is 13.8 Å². The normalized spacial score (nSPS) is 19.5. The molecule has 0 aromatic carbocycles. The second-order valence-corrected chi connectivity index (χ2v) is 5.82. The number of hydrogen-bond donors (Lipinski definition) is 2. The number of carboxylic acid groups (broad SMARTS) is 1. The predicted octanol–water partition coefficient (Wildman–Crippen LogP) is 2.32. The third-order valence-corrected chi connectivity index (χ3v) is 3.50. The van der Waals surface area contributed by atoms with E-state index in [1.54, 1.807) is 4.90 Å². The Morgan fingerprint density at radius 2 is 2.16 bits per heavy atom. The van der Waals surface area contributed by atoms with E-state index in [1.165, 1.54) is 0 Å². The average molecular weight is 270 g/mol. The van der Waals surface area contributed by atoms with Gasteiger partial charge in [0.15, 0.2) is 0 Å². The van der Waals surface area contributed by atoms with Crippen molar-refractivity contribution in [2.75, 3.05) is 19.6 Å². The number of piperidine rings is 1. The molecule has 1 heterocycles. The SMILES string of the molecule is CC(C)CCCNC(=O)N1CCCC(CC(=O)O)C1. The second-order valence-electron chi connectivity index (χ2n) is 5.82. The Morgan fingerprint density at radius 3 is 2.79 bits per heavy atom. The Bertz CT molecular complexity index is 305. The van der Waals surface area contributed by atoms with Gasteiger partial charge in [0.25, 0.3) is 0 Å². The zero-order valence-corrected chi connectivity index (χ0v) is 12.0. The van der Waals surface area contributed by atoms with Gasteiger partial charge in [-0.3, -0.25) is 4.79 Å². The molecule has 0 radical (unpaired) electrons. The number of nitrogens with zero attached hydrogens (tertiary/aromatic N) is 1. The lowest BCUT2D eigenvalue weighted by atomic mass is 9.95. The average Bonchev–Trinajstić information content (AvgIpc) is 2.33. The fourth-order valence-corrected chi connectivity index (χ4v) is 2.48. The van der Waals surface area contributed by atoms with Crippen LogP contribution < -0.4 is 5.32 Å². The van der Waals surface area contributed by atoms with Gasteiger partial charge in [-0.05, 0) is 37.5 Å². The van der Waals surface area contributed by atoms with Gasteiger partial charge in [-0.15, -0.1) is 0 Å². The molecule has 1 rings (SSSR count). The number of aliphatic carboxylic acids is 1. The summed E-state index contributed by atoms with van der Waals surface area (Å²) in [5.74, 6) is -0.0105. The third kappa shape index (κ3) is 6.45. The number of carbonyl (C=O) groups excluding carboxylic acids is 1. The first-order valence-corrected chi connectivity index (χ1v) is 7.23. The van der Waals surface area contributed by atoms with Crippen molar-refractivity contribution in [3.8, 4) is 0 Å². The Kier molecular flexibility index (Phi) is 6.67. The minimum absolute atomic E-state index is 0.0427. The lowest BCUT2D eigenvalue weighted by Crippen LogP contribution is -2.46. The van der Waals surface area contributed by atoms with E-state index in [0.717, 1.165) is 32.2 Å². The maximum absolute atomic E-state index is 11.9. The fraction of sp³-hybridized carbons (Fsp3) is 0.857. The Hall–Kier alpha value is -1.26. The van der Waals surface area contributed by atoms with Gasteiger partial charge in [0.05, 0.1) is 0 Å². The van der Waals surface area contributed by atoms with Gasteiger partial charge >= 0.3 is 12.0 Å². The van der Waals surface area contributed by atoms with Crippen LogP contribution in [0.3, 0.4) is 0 Å². The van der Waals surface area contributed by atoms with E-state index in [4.69, 9.17) is 5.11 Å². The topological polar surface area (TPSA) is 69.6 Å². The number of amides is 2. The van der Waals surface area contributed by atoms with Crippen LogP contribution in [0.2, 0.25) is 0 Å². The number of nitrogens with one attached hydrogen (secondary N) is 1. The molecule has 0 saturated carbocycles. The lowest BCUT2D eigenvalue weighted by molar-refractivity contribution is -0.138. The molecular weight excluding hydrogens is 244 g/mol. The highest BCUT2D eigenvalue weighted by Gasteiger charge is 2.24. The summed E-state index contributed by atoms with van der Waals surface area (Å²) in [5, 5.41) is 11.7. The first-order chi connectivity index (χ1) is 8.99. The van der Waals surface area contributed by atoms with Crippen molar-refractivity contribution in [3.05, 3.63) is 0 Å². The van der Waals surface area contributed by atoms with Crippen molar-refractivity contribution in [3.63, 3.8) is 0 Å². The zero-order chi connectivity index (χ0) is 14.3. The van der Waals surface area contributed by atoms with Gasteiger partial charge in [0, 0.05) is 26.1 Å². The summed E-state index contributed by atoms with van der Waals surface area (Å²) >= 11 is 0. The van der Waals surface area contributed by atoms with Crippen LogP contribution in [0.4, 0.5) is 4.79 Å². The summed E-state index contributed by atoms with van der Waals surface area (Å²) in [6.07, 6.45) is 4.08. The van der Waals surface area contributed by atoms with E-state index < -0.39 is 5.97 Å². The molecule has 0 aromatic heterocycles. The molecule has 5 nitrogen and oxygen atoms in total. The van der Waals surface area contributed by atoms with E-state index in [2.05, 4.69) is 19.2 Å². The van der Waals surface area contributed by atoms with Crippen molar-refractivity contribution < 1.29 is 14.7 Å². The monoisotopic (exact) mass is 270 g/mol. The highest BCUT2D eigenvalue weighted by molar-refractivity contribution is 5.74. The van der Waals surface area contributed by atoms with Gasteiger partial charge < -0.3 is 15.3 Å². The summed E-state index contributed by atoms with van der Waals surface area (Å²) in [5.41, 5.74) is 0. The maximum atomic E-state index is 11.9. The van der Waals surface area contributed by atoms with E-state index in [0.29, 0.717) is 19.0 Å². The summed E-state index contributed by atoms with van der Waals surface area (Å²) in [4.78, 5) is 24.4. The van der Waals surface area contributed by atoms with Crippen molar-refractivity contribution in [2.24, 2.45) is 11.8 Å². The Labute approximate surface area is 115 Å². The molecule has 5 heteroatoms. The number of carbonyl (C=O) groups is 2. The molecule has 1 aliphatic rings. The molecule has 2 amide bonds. The van der Waals surface area contributed by atoms with E-state index in [1.807, 2.05) is 0 Å². The highest BCUT2D eigenvalue weighted by atomic mass is 16.4. The number of carboxylic acids is 1. The van der Waals surface area contributed by atoms with Crippen molar-refractivity contribution in [1.82, 2.24) is 10.2 Å². The van der Waals surface area contributed by atoms with Crippen LogP contribution in [0.25, 0.3) is 0 Å². The maximum Gasteiger partial charge on any atom is 0.317 e. The molecular formula is C14H26N2O3. The summed E-state index contributed by atoms with van der Waals surface area (Å²) in [6, 6.07) is -0.0427. The van der Waals surface area contributed by atoms with Crippen LogP contribution in [0, 0.1) is 11.8 Å².